The molecule has 0 bridgehead atoms. The van der Waals surface area contributed by atoms with Crippen molar-refractivity contribution in [1.82, 2.24) is 0 Å². The number of benzene rings is 1. The molecule has 2 rings (SSSR count). The van der Waals surface area contributed by atoms with Gasteiger partial charge in [0.1, 0.15) is 5.75 Å². The van der Waals surface area contributed by atoms with Crippen LogP contribution in [0.1, 0.15) is 33.3 Å². The molecular weight excluding hydrogens is 268 g/mol. The summed E-state index contributed by atoms with van der Waals surface area (Å²) in [6.45, 7) is 14.5. The number of rotatable bonds is 3. The van der Waals surface area contributed by atoms with Gasteiger partial charge in [0.05, 0.1) is 13.2 Å². The van der Waals surface area contributed by atoms with Crippen LogP contribution in [0.25, 0.3) is 0 Å². The highest BCUT2D eigenvalue weighted by Crippen LogP contribution is 2.38. The first-order chi connectivity index (χ1) is 9.14. The Morgan fingerprint density at radius 1 is 1.05 bits per heavy atom. The summed E-state index contributed by atoms with van der Waals surface area (Å²) >= 11 is 0. The lowest BCUT2D eigenvalue weighted by Crippen LogP contribution is -2.43. The molecule has 1 aliphatic rings. The summed E-state index contributed by atoms with van der Waals surface area (Å²) in [6.07, 6.45) is 0. The van der Waals surface area contributed by atoms with E-state index in [1.165, 1.54) is 0 Å². The third-order valence-corrected chi connectivity index (χ3v) is 8.75. The van der Waals surface area contributed by atoms with Crippen molar-refractivity contribution in [3.05, 3.63) is 29.8 Å². The molecule has 0 saturated carbocycles. The first-order valence-corrected chi connectivity index (χ1v) is 10.1. The van der Waals surface area contributed by atoms with Crippen molar-refractivity contribution >= 4 is 8.32 Å². The molecule has 0 aromatic heterocycles. The minimum absolute atomic E-state index is 0.204. The van der Waals surface area contributed by atoms with Crippen LogP contribution < -0.4 is 4.43 Å². The summed E-state index contributed by atoms with van der Waals surface area (Å²) in [5, 5.41) is 0.204. The van der Waals surface area contributed by atoms with Gasteiger partial charge in [-0.15, -0.1) is 0 Å². The Morgan fingerprint density at radius 3 is 2.00 bits per heavy atom. The van der Waals surface area contributed by atoms with E-state index in [4.69, 9.17) is 13.9 Å². The highest BCUT2D eigenvalue weighted by atomic mass is 28.4. The molecule has 1 heterocycles. The largest absolute Gasteiger partial charge is 0.544 e. The van der Waals surface area contributed by atoms with E-state index in [2.05, 4.69) is 33.9 Å². The van der Waals surface area contributed by atoms with Gasteiger partial charge in [0.2, 0.25) is 8.32 Å². The topological polar surface area (TPSA) is 27.7 Å². The Balaban J connectivity index is 2.13. The Kier molecular flexibility index (Phi) is 4.02. The molecule has 1 saturated heterocycles. The van der Waals surface area contributed by atoms with E-state index in [0.29, 0.717) is 13.2 Å². The fraction of sp³-hybridized carbons (Fsp3) is 0.625. The van der Waals surface area contributed by atoms with Crippen molar-refractivity contribution in [2.24, 2.45) is 0 Å². The van der Waals surface area contributed by atoms with Gasteiger partial charge < -0.3 is 13.9 Å². The maximum atomic E-state index is 6.27. The molecule has 1 aromatic rings. The average molecular weight is 294 g/mol. The summed E-state index contributed by atoms with van der Waals surface area (Å²) in [5.41, 5.74) is 1.04. The van der Waals surface area contributed by atoms with Crippen LogP contribution in [0.5, 0.6) is 5.75 Å². The summed E-state index contributed by atoms with van der Waals surface area (Å²) in [5.74, 6) is 0.331. The Bertz CT molecular complexity index is 454. The van der Waals surface area contributed by atoms with Gasteiger partial charge in [-0.3, -0.25) is 0 Å². The second kappa shape index (κ2) is 5.17. The minimum Gasteiger partial charge on any atom is -0.544 e. The van der Waals surface area contributed by atoms with E-state index >= 15 is 0 Å². The maximum absolute atomic E-state index is 6.27. The monoisotopic (exact) mass is 294 g/mol. The lowest BCUT2D eigenvalue weighted by Gasteiger charge is -2.36. The third-order valence-electron chi connectivity index (χ3n) is 4.40. The molecule has 1 aliphatic heterocycles. The summed E-state index contributed by atoms with van der Waals surface area (Å²) < 4.78 is 17.6. The predicted octanol–water partition coefficient (Wildman–Crippen LogP) is 4.29. The van der Waals surface area contributed by atoms with E-state index in [1.54, 1.807) is 0 Å². The van der Waals surface area contributed by atoms with Crippen LogP contribution >= 0.6 is 0 Å². The van der Waals surface area contributed by atoms with Gasteiger partial charge in [0.15, 0.2) is 5.79 Å². The molecule has 112 valence electrons. The van der Waals surface area contributed by atoms with Crippen molar-refractivity contribution in [1.29, 1.82) is 0 Å². The van der Waals surface area contributed by atoms with Crippen molar-refractivity contribution in [3.63, 3.8) is 0 Å². The quantitative estimate of drug-likeness (QED) is 0.778. The van der Waals surface area contributed by atoms with Gasteiger partial charge in [-0.1, -0.05) is 32.9 Å². The maximum Gasteiger partial charge on any atom is 0.250 e. The first-order valence-electron chi connectivity index (χ1n) is 7.22. The van der Waals surface area contributed by atoms with Gasteiger partial charge in [-0.2, -0.15) is 0 Å². The molecule has 0 spiro atoms. The second-order valence-corrected chi connectivity index (χ2v) is 11.8. The van der Waals surface area contributed by atoms with Gasteiger partial charge in [-0.05, 0) is 37.2 Å². The van der Waals surface area contributed by atoms with Crippen LogP contribution in [0.15, 0.2) is 24.3 Å². The van der Waals surface area contributed by atoms with E-state index in [0.717, 1.165) is 11.3 Å². The zero-order valence-electron chi connectivity index (χ0n) is 13.4. The van der Waals surface area contributed by atoms with Gasteiger partial charge in [0.25, 0.3) is 0 Å². The van der Waals surface area contributed by atoms with Gasteiger partial charge in [0, 0.05) is 5.56 Å². The highest BCUT2D eigenvalue weighted by molar-refractivity contribution is 6.74. The Morgan fingerprint density at radius 2 is 1.55 bits per heavy atom. The molecule has 0 amide bonds. The molecule has 20 heavy (non-hydrogen) atoms. The molecule has 0 unspecified atom stereocenters. The van der Waals surface area contributed by atoms with Crippen molar-refractivity contribution < 1.29 is 13.9 Å². The molecule has 0 radical (unpaired) electrons. The fourth-order valence-electron chi connectivity index (χ4n) is 1.95. The van der Waals surface area contributed by atoms with Crippen LogP contribution in [0.4, 0.5) is 0 Å². The van der Waals surface area contributed by atoms with Crippen LogP contribution in [-0.4, -0.2) is 21.5 Å². The molecule has 1 fully saturated rings. The van der Waals surface area contributed by atoms with Gasteiger partial charge in [-0.25, -0.2) is 0 Å². The van der Waals surface area contributed by atoms with Crippen molar-refractivity contribution in [3.8, 4) is 5.75 Å². The highest BCUT2D eigenvalue weighted by Gasteiger charge is 2.39. The lowest BCUT2D eigenvalue weighted by atomic mass is 10.1. The smallest absolute Gasteiger partial charge is 0.250 e. The molecule has 3 nitrogen and oxygen atoms in total. The average Bonchev–Trinajstić information content (AvgIpc) is 2.76. The molecule has 0 aliphatic carbocycles. The standard InChI is InChI=1S/C16H26O3Si/c1-15(2,3)20(5,6)19-14-9-7-13(8-10-14)16(4)17-11-12-18-16/h7-10H,11-12H2,1-6H3. The molecule has 4 heteroatoms. The normalized spacial score (nSPS) is 19.1. The van der Waals surface area contributed by atoms with Crippen LogP contribution in [0, 0.1) is 0 Å². The van der Waals surface area contributed by atoms with E-state index in [1.807, 2.05) is 31.2 Å². The third kappa shape index (κ3) is 3.08. The van der Waals surface area contributed by atoms with E-state index in [-0.39, 0.29) is 5.04 Å². The van der Waals surface area contributed by atoms with Crippen LogP contribution in [0.2, 0.25) is 18.1 Å². The number of hydrogen-bond acceptors (Lipinski definition) is 3. The predicted molar refractivity (Wildman–Crippen MR) is 83.5 cm³/mol. The molecule has 0 atom stereocenters. The Hall–Kier alpha value is -0.843. The Labute approximate surface area is 123 Å². The zero-order chi connectivity index (χ0) is 15.0. The number of hydrogen-bond donors (Lipinski definition) is 0. The lowest BCUT2D eigenvalue weighted by molar-refractivity contribution is -0.149. The van der Waals surface area contributed by atoms with Crippen molar-refractivity contribution in [2.45, 2.75) is 51.6 Å². The van der Waals surface area contributed by atoms with E-state index < -0.39 is 14.1 Å². The van der Waals surface area contributed by atoms with Crippen LogP contribution in [0.3, 0.4) is 0 Å². The fourth-order valence-corrected chi connectivity index (χ4v) is 2.99. The SMILES string of the molecule is CC1(c2ccc(O[Si](C)(C)C(C)(C)C)cc2)OCCO1. The molecular formula is C16H26O3Si. The van der Waals surface area contributed by atoms with Gasteiger partial charge >= 0.3 is 0 Å². The minimum atomic E-state index is -1.78. The summed E-state index contributed by atoms with van der Waals surface area (Å²) in [7, 11) is -1.78. The second-order valence-electron chi connectivity index (χ2n) is 7.03. The molecule has 0 N–H and O–H groups in total. The van der Waals surface area contributed by atoms with E-state index in [9.17, 15) is 0 Å². The van der Waals surface area contributed by atoms with Crippen LogP contribution in [-0.2, 0) is 15.3 Å². The summed E-state index contributed by atoms with van der Waals surface area (Å²) in [6, 6.07) is 8.11. The zero-order valence-corrected chi connectivity index (χ0v) is 14.4. The molecule has 1 aromatic carbocycles. The van der Waals surface area contributed by atoms with Crippen molar-refractivity contribution in [2.75, 3.05) is 13.2 Å². The number of ether oxygens (including phenoxy) is 2. The summed E-state index contributed by atoms with van der Waals surface area (Å²) in [4.78, 5) is 0. The first kappa shape index (κ1) is 15.5.